The van der Waals surface area contributed by atoms with Gasteiger partial charge >= 0.3 is 0 Å². The lowest BCUT2D eigenvalue weighted by Gasteiger charge is -2.28. The zero-order chi connectivity index (χ0) is 10.4. The Morgan fingerprint density at radius 1 is 1.21 bits per heavy atom. The van der Waals surface area contributed by atoms with E-state index in [0.29, 0.717) is 10.9 Å². The molecule has 1 saturated carbocycles. The third kappa shape index (κ3) is 3.90. The summed E-state index contributed by atoms with van der Waals surface area (Å²) in [5.74, 6) is 0.761. The fourth-order valence-corrected chi connectivity index (χ4v) is 2.76. The summed E-state index contributed by atoms with van der Waals surface area (Å²) in [4.78, 5) is 0.602. The van der Waals surface area contributed by atoms with Gasteiger partial charge in [-0.1, -0.05) is 55.5 Å². The van der Waals surface area contributed by atoms with Crippen molar-refractivity contribution in [2.24, 2.45) is 5.92 Å². The Bertz CT molecular complexity index is 145. The van der Waals surface area contributed by atoms with Gasteiger partial charge in [-0.15, -0.1) is 0 Å². The van der Waals surface area contributed by atoms with E-state index in [1.54, 1.807) is 0 Å². The van der Waals surface area contributed by atoms with E-state index in [2.05, 4.69) is 29.8 Å². The fourth-order valence-electron chi connectivity index (χ4n) is 2.02. The van der Waals surface area contributed by atoms with E-state index in [0.717, 1.165) is 12.5 Å². The zero-order valence-electron chi connectivity index (χ0n) is 9.47. The van der Waals surface area contributed by atoms with Crippen LogP contribution in [0.15, 0.2) is 0 Å². The van der Waals surface area contributed by atoms with Gasteiger partial charge in [0.25, 0.3) is 0 Å². The minimum Gasteiger partial charge on any atom is -0.377 e. The van der Waals surface area contributed by atoms with Crippen LogP contribution in [0.25, 0.3) is 0 Å². The largest absolute Gasteiger partial charge is 0.377 e. The fraction of sp³-hybridized carbons (Fsp3) is 1.00. The predicted molar refractivity (Wildman–Crippen MR) is 65.0 cm³/mol. The van der Waals surface area contributed by atoms with Crippen LogP contribution >= 0.6 is 15.9 Å². The average molecular weight is 263 g/mol. The molecular weight excluding hydrogens is 240 g/mol. The lowest BCUT2D eigenvalue weighted by atomic mass is 9.97. The molecule has 14 heavy (non-hydrogen) atoms. The van der Waals surface area contributed by atoms with Crippen LogP contribution in [0.4, 0.5) is 0 Å². The van der Waals surface area contributed by atoms with Crippen LogP contribution in [0.3, 0.4) is 0 Å². The smallest absolute Gasteiger partial charge is 0.0700 e. The van der Waals surface area contributed by atoms with Gasteiger partial charge in [-0.2, -0.15) is 0 Å². The van der Waals surface area contributed by atoms with E-state index < -0.39 is 0 Å². The van der Waals surface area contributed by atoms with Crippen molar-refractivity contribution in [1.29, 1.82) is 0 Å². The second-order valence-electron chi connectivity index (χ2n) is 4.35. The lowest BCUT2D eigenvalue weighted by Crippen LogP contribution is -2.29. The molecular formula is C12H23BrO. The molecule has 0 amide bonds. The molecule has 0 aromatic rings. The first-order chi connectivity index (χ1) is 6.77. The summed E-state index contributed by atoms with van der Waals surface area (Å²) in [5, 5.41) is 0. The van der Waals surface area contributed by atoms with E-state index in [4.69, 9.17) is 4.74 Å². The molecule has 0 spiro atoms. The quantitative estimate of drug-likeness (QED) is 0.677. The van der Waals surface area contributed by atoms with Gasteiger partial charge in [-0.3, -0.25) is 0 Å². The van der Waals surface area contributed by atoms with Crippen LogP contribution in [0.1, 0.15) is 52.4 Å². The number of alkyl halides is 1. The molecule has 0 heterocycles. The Kier molecular flexibility index (Phi) is 6.11. The van der Waals surface area contributed by atoms with Crippen molar-refractivity contribution in [2.45, 2.75) is 63.3 Å². The number of ether oxygens (including phenoxy) is 1. The molecule has 0 N–H and O–H groups in total. The first-order valence-corrected chi connectivity index (χ1v) is 6.95. The number of halogens is 1. The Morgan fingerprint density at radius 3 is 2.43 bits per heavy atom. The number of hydrogen-bond acceptors (Lipinski definition) is 1. The molecule has 0 saturated heterocycles. The predicted octanol–water partition coefficient (Wildman–Crippen LogP) is 4.15. The standard InChI is InChI=1S/C12H23BrO/c1-3-10(4-2)9-14-12-8-6-5-7-11(12)13/h10-12H,3-9H2,1-2H3. The van der Waals surface area contributed by atoms with Crippen molar-refractivity contribution >= 4 is 15.9 Å². The van der Waals surface area contributed by atoms with Crippen molar-refractivity contribution in [2.75, 3.05) is 6.61 Å². The van der Waals surface area contributed by atoms with Gasteiger partial charge in [0.15, 0.2) is 0 Å². The Morgan fingerprint density at radius 2 is 1.86 bits per heavy atom. The summed E-state index contributed by atoms with van der Waals surface area (Å²) in [5.41, 5.74) is 0. The molecule has 2 unspecified atom stereocenters. The summed E-state index contributed by atoms with van der Waals surface area (Å²) >= 11 is 3.72. The van der Waals surface area contributed by atoms with E-state index in [9.17, 15) is 0 Å². The average Bonchev–Trinajstić information content (AvgIpc) is 2.22. The topological polar surface area (TPSA) is 9.23 Å². The van der Waals surface area contributed by atoms with Gasteiger partial charge < -0.3 is 4.74 Å². The molecule has 1 aliphatic rings. The minimum absolute atomic E-state index is 0.476. The van der Waals surface area contributed by atoms with Crippen LogP contribution < -0.4 is 0 Å². The second-order valence-corrected chi connectivity index (χ2v) is 5.53. The summed E-state index contributed by atoms with van der Waals surface area (Å²) < 4.78 is 5.99. The van der Waals surface area contributed by atoms with E-state index in [-0.39, 0.29) is 0 Å². The third-order valence-electron chi connectivity index (χ3n) is 3.32. The Hall–Kier alpha value is 0.440. The van der Waals surface area contributed by atoms with Gasteiger partial charge in [0, 0.05) is 11.4 Å². The maximum absolute atomic E-state index is 5.99. The molecule has 2 heteroatoms. The highest BCUT2D eigenvalue weighted by molar-refractivity contribution is 9.09. The van der Waals surface area contributed by atoms with Crippen molar-refractivity contribution < 1.29 is 4.74 Å². The maximum atomic E-state index is 5.99. The minimum atomic E-state index is 0.476. The molecule has 0 bridgehead atoms. The van der Waals surface area contributed by atoms with Gasteiger partial charge in [0.05, 0.1) is 6.10 Å². The van der Waals surface area contributed by atoms with Crippen LogP contribution in [0, 0.1) is 5.92 Å². The third-order valence-corrected chi connectivity index (χ3v) is 4.37. The molecule has 0 aromatic heterocycles. The van der Waals surface area contributed by atoms with Crippen molar-refractivity contribution in [3.8, 4) is 0 Å². The normalized spacial score (nSPS) is 28.3. The summed E-state index contributed by atoms with van der Waals surface area (Å²) in [6.07, 6.45) is 8.20. The summed E-state index contributed by atoms with van der Waals surface area (Å²) in [6, 6.07) is 0. The van der Waals surface area contributed by atoms with Crippen molar-refractivity contribution in [1.82, 2.24) is 0 Å². The lowest BCUT2D eigenvalue weighted by molar-refractivity contribution is 0.0117. The van der Waals surface area contributed by atoms with E-state index in [1.165, 1.54) is 38.5 Å². The SMILES string of the molecule is CCC(CC)COC1CCCCC1Br. The Labute approximate surface area is 96.7 Å². The second kappa shape index (κ2) is 6.84. The number of rotatable bonds is 5. The van der Waals surface area contributed by atoms with Gasteiger partial charge in [-0.05, 0) is 18.8 Å². The summed E-state index contributed by atoms with van der Waals surface area (Å²) in [7, 11) is 0. The molecule has 0 aliphatic heterocycles. The monoisotopic (exact) mass is 262 g/mol. The van der Waals surface area contributed by atoms with Crippen LogP contribution in [0.5, 0.6) is 0 Å². The van der Waals surface area contributed by atoms with Crippen LogP contribution in [-0.2, 0) is 4.74 Å². The van der Waals surface area contributed by atoms with Crippen LogP contribution in [-0.4, -0.2) is 17.5 Å². The highest BCUT2D eigenvalue weighted by Crippen LogP contribution is 2.27. The van der Waals surface area contributed by atoms with Gasteiger partial charge in [0.1, 0.15) is 0 Å². The zero-order valence-corrected chi connectivity index (χ0v) is 11.1. The molecule has 1 nitrogen and oxygen atoms in total. The van der Waals surface area contributed by atoms with Crippen molar-refractivity contribution in [3.05, 3.63) is 0 Å². The van der Waals surface area contributed by atoms with Gasteiger partial charge in [-0.25, -0.2) is 0 Å². The highest BCUT2D eigenvalue weighted by Gasteiger charge is 2.23. The molecule has 0 radical (unpaired) electrons. The van der Waals surface area contributed by atoms with Gasteiger partial charge in [0.2, 0.25) is 0 Å². The molecule has 0 aromatic carbocycles. The maximum Gasteiger partial charge on any atom is 0.0700 e. The molecule has 2 atom stereocenters. The molecule has 1 fully saturated rings. The van der Waals surface area contributed by atoms with Crippen LogP contribution in [0.2, 0.25) is 0 Å². The molecule has 1 aliphatic carbocycles. The number of hydrogen-bond donors (Lipinski definition) is 0. The summed E-state index contributed by atoms with van der Waals surface area (Å²) in [6.45, 7) is 5.47. The van der Waals surface area contributed by atoms with E-state index in [1.807, 2.05) is 0 Å². The molecule has 1 rings (SSSR count). The first kappa shape index (κ1) is 12.5. The highest BCUT2D eigenvalue weighted by atomic mass is 79.9. The van der Waals surface area contributed by atoms with E-state index >= 15 is 0 Å². The van der Waals surface area contributed by atoms with Crippen molar-refractivity contribution in [3.63, 3.8) is 0 Å². The molecule has 84 valence electrons. The Balaban J connectivity index is 2.21. The first-order valence-electron chi connectivity index (χ1n) is 6.03.